The van der Waals surface area contributed by atoms with Gasteiger partial charge in [0.2, 0.25) is 0 Å². The van der Waals surface area contributed by atoms with Gasteiger partial charge in [0.15, 0.2) is 17.8 Å². The van der Waals surface area contributed by atoms with Gasteiger partial charge in [0, 0.05) is 6.42 Å². The van der Waals surface area contributed by atoms with Gasteiger partial charge in [-0.1, -0.05) is 12.0 Å². The highest BCUT2D eigenvalue weighted by Crippen LogP contribution is 2.49. The van der Waals surface area contributed by atoms with Gasteiger partial charge in [0.05, 0.1) is 25.6 Å². The maximum absolute atomic E-state index is 12.6. The molecule has 0 unspecified atom stereocenters. The third kappa shape index (κ3) is 3.89. The minimum Gasteiger partial charge on any atom is -0.382 e. The smallest absolute Gasteiger partial charge is 0.356 e. The molecule has 27 heavy (non-hydrogen) atoms. The molecule has 2 heterocycles. The topological polar surface area (TPSA) is 114 Å². The number of rotatable bonds is 8. The molecule has 9 nitrogen and oxygen atoms in total. The van der Waals surface area contributed by atoms with Crippen LogP contribution in [0.25, 0.3) is 11.2 Å². The first-order valence-corrected chi connectivity index (χ1v) is 10.3. The second-order valence-electron chi connectivity index (χ2n) is 5.97. The Hall–Kier alpha value is -2.24. The molecular weight excluding hydrogens is 369 g/mol. The van der Waals surface area contributed by atoms with Gasteiger partial charge < -0.3 is 24.1 Å². The first-order valence-electron chi connectivity index (χ1n) is 8.58. The van der Waals surface area contributed by atoms with Crippen molar-refractivity contribution in [3.63, 3.8) is 0 Å². The number of hydrogen-bond acceptors (Lipinski definition) is 8. The summed E-state index contributed by atoms with van der Waals surface area (Å²) in [5.41, 5.74) is 5.96. The van der Waals surface area contributed by atoms with Crippen LogP contribution in [0.4, 0.5) is 5.82 Å². The second-order valence-corrected chi connectivity index (χ2v) is 7.96. The largest absolute Gasteiger partial charge is 0.382 e. The Labute approximate surface area is 157 Å². The van der Waals surface area contributed by atoms with Crippen LogP contribution in [0, 0.1) is 12.3 Å². The van der Waals surface area contributed by atoms with Crippen molar-refractivity contribution in [1.82, 2.24) is 19.5 Å². The molecule has 0 saturated heterocycles. The van der Waals surface area contributed by atoms with Crippen LogP contribution in [0.15, 0.2) is 24.8 Å². The van der Waals surface area contributed by atoms with Crippen molar-refractivity contribution in [2.75, 3.05) is 25.3 Å². The number of nitrogens with zero attached hydrogens (tertiary/aromatic N) is 4. The molecule has 0 radical (unpaired) electrons. The first-order chi connectivity index (χ1) is 13.0. The fourth-order valence-corrected chi connectivity index (χ4v) is 4.37. The van der Waals surface area contributed by atoms with E-state index in [0.29, 0.717) is 23.4 Å². The Bertz CT molecular complexity index is 927. The summed E-state index contributed by atoms with van der Waals surface area (Å²) in [5, 5.41) is 0. The van der Waals surface area contributed by atoms with Gasteiger partial charge in [-0.25, -0.2) is 15.0 Å². The molecule has 0 bridgehead atoms. The quantitative estimate of drug-likeness (QED) is 0.415. The molecule has 2 atom stereocenters. The Kier molecular flexibility index (Phi) is 5.63. The summed E-state index contributed by atoms with van der Waals surface area (Å²) < 4.78 is 30.9. The van der Waals surface area contributed by atoms with Gasteiger partial charge in [0.1, 0.15) is 17.4 Å². The van der Waals surface area contributed by atoms with Crippen molar-refractivity contribution >= 4 is 24.6 Å². The molecule has 0 aromatic carbocycles. The average Bonchev–Trinajstić information content (AvgIpc) is 3.26. The molecule has 1 aliphatic carbocycles. The number of imidazole rings is 1. The number of hydrogen-bond donors (Lipinski definition) is 1. The lowest BCUT2D eigenvalue weighted by atomic mass is 10.0. The number of nitrogens with two attached hydrogens (primary N) is 1. The van der Waals surface area contributed by atoms with Crippen LogP contribution < -0.4 is 5.73 Å². The minimum absolute atomic E-state index is 0.140. The third-order valence-electron chi connectivity index (χ3n) is 4.22. The summed E-state index contributed by atoms with van der Waals surface area (Å²) in [6.45, 7) is 3.99. The molecule has 0 fully saturated rings. The van der Waals surface area contributed by atoms with Crippen LogP contribution >= 0.6 is 7.60 Å². The maximum Gasteiger partial charge on any atom is 0.356 e. The lowest BCUT2D eigenvalue weighted by molar-refractivity contribution is 0.0439. The SMILES string of the molecule is C#C[C@@]1(OCP(=O)(OCC)OCC)C=C[C@H](n2cnc3c(N)ncnc32)C1. The van der Waals surface area contributed by atoms with Crippen molar-refractivity contribution < 1.29 is 18.3 Å². The highest BCUT2D eigenvalue weighted by atomic mass is 31.2. The van der Waals surface area contributed by atoms with Crippen molar-refractivity contribution in [2.24, 2.45) is 0 Å². The molecule has 2 N–H and O–H groups in total. The molecule has 2 aromatic rings. The van der Waals surface area contributed by atoms with Gasteiger partial charge in [-0.15, -0.1) is 6.42 Å². The van der Waals surface area contributed by atoms with E-state index < -0.39 is 13.2 Å². The van der Waals surface area contributed by atoms with Gasteiger partial charge in [0.25, 0.3) is 0 Å². The van der Waals surface area contributed by atoms with E-state index in [1.165, 1.54) is 6.33 Å². The fourth-order valence-electron chi connectivity index (χ4n) is 2.97. The van der Waals surface area contributed by atoms with E-state index in [4.69, 9.17) is 25.9 Å². The van der Waals surface area contributed by atoms with Crippen molar-refractivity contribution in [3.8, 4) is 12.3 Å². The Morgan fingerprint density at radius 2 is 2.11 bits per heavy atom. The fraction of sp³-hybridized carbons (Fsp3) is 0.471. The lowest BCUT2D eigenvalue weighted by Crippen LogP contribution is -2.28. The third-order valence-corrected chi connectivity index (χ3v) is 5.97. The van der Waals surface area contributed by atoms with Gasteiger partial charge in [-0.2, -0.15) is 0 Å². The maximum atomic E-state index is 12.6. The van der Waals surface area contributed by atoms with Gasteiger partial charge >= 0.3 is 7.60 Å². The molecular formula is C17H22N5O4P. The minimum atomic E-state index is -3.36. The zero-order valence-electron chi connectivity index (χ0n) is 15.2. The number of allylic oxidation sites excluding steroid dienone is 1. The summed E-state index contributed by atoms with van der Waals surface area (Å²) in [7, 11) is -3.36. The molecule has 10 heteroatoms. The van der Waals surface area contributed by atoms with Crippen molar-refractivity contribution in [3.05, 3.63) is 24.8 Å². The first kappa shape index (κ1) is 19.5. The summed E-state index contributed by atoms with van der Waals surface area (Å²) >= 11 is 0. The van der Waals surface area contributed by atoms with Crippen LogP contribution in [-0.4, -0.2) is 44.7 Å². The highest BCUT2D eigenvalue weighted by molar-refractivity contribution is 7.53. The van der Waals surface area contributed by atoms with Gasteiger partial charge in [-0.05, 0) is 19.9 Å². The number of nitrogen functional groups attached to an aromatic ring is 1. The predicted octanol–water partition coefficient (Wildman–Crippen LogP) is 2.52. The number of fused-ring (bicyclic) bond motifs is 1. The zero-order valence-corrected chi connectivity index (χ0v) is 16.1. The van der Waals surface area contributed by atoms with E-state index in [-0.39, 0.29) is 25.6 Å². The molecule has 0 saturated carbocycles. The van der Waals surface area contributed by atoms with Gasteiger partial charge in [-0.3, -0.25) is 4.57 Å². The zero-order chi connectivity index (χ0) is 19.5. The van der Waals surface area contributed by atoms with Crippen molar-refractivity contribution in [1.29, 1.82) is 0 Å². The van der Waals surface area contributed by atoms with Crippen LogP contribution in [0.3, 0.4) is 0 Å². The van der Waals surface area contributed by atoms with Crippen LogP contribution in [0.5, 0.6) is 0 Å². The number of terminal acetylenes is 1. The number of ether oxygens (including phenoxy) is 1. The Morgan fingerprint density at radius 3 is 2.78 bits per heavy atom. The van der Waals surface area contributed by atoms with E-state index in [1.807, 2.05) is 10.6 Å². The van der Waals surface area contributed by atoms with Crippen LogP contribution in [0.1, 0.15) is 26.3 Å². The second kappa shape index (κ2) is 7.79. The molecule has 1 aliphatic rings. The normalized spacial score (nSPS) is 22.3. The van der Waals surface area contributed by atoms with Crippen molar-refractivity contribution in [2.45, 2.75) is 31.9 Å². The molecule has 3 rings (SSSR count). The standard InChI is InChI=1S/C17H22N5O4P/c1-4-17(24-12-27(23,25-5-2)26-6-3)8-7-13(9-17)22-11-21-14-15(18)19-10-20-16(14)22/h1,7-8,10-11,13H,5-6,9,12H2,2-3H3,(H2,18,19,20)/t13-,17+/m0/s1. The molecule has 144 valence electrons. The van der Waals surface area contributed by atoms with Crippen LogP contribution in [0.2, 0.25) is 0 Å². The summed E-state index contributed by atoms with van der Waals surface area (Å²) in [5.74, 6) is 2.97. The summed E-state index contributed by atoms with van der Waals surface area (Å²) in [6.07, 6.45) is 12.6. The summed E-state index contributed by atoms with van der Waals surface area (Å²) in [6, 6.07) is -0.140. The average molecular weight is 391 g/mol. The Balaban J connectivity index is 1.78. The lowest BCUT2D eigenvalue weighted by Gasteiger charge is -2.26. The predicted molar refractivity (Wildman–Crippen MR) is 101 cm³/mol. The Morgan fingerprint density at radius 1 is 1.37 bits per heavy atom. The van der Waals surface area contributed by atoms with E-state index in [0.717, 1.165) is 0 Å². The molecule has 0 aliphatic heterocycles. The number of anilines is 1. The molecule has 0 spiro atoms. The molecule has 0 amide bonds. The number of aromatic nitrogens is 4. The highest BCUT2D eigenvalue weighted by Gasteiger charge is 2.38. The molecule has 2 aromatic heterocycles. The van der Waals surface area contributed by atoms with E-state index in [2.05, 4.69) is 20.9 Å². The monoisotopic (exact) mass is 391 g/mol. The van der Waals surface area contributed by atoms with E-state index >= 15 is 0 Å². The van der Waals surface area contributed by atoms with Crippen LogP contribution in [-0.2, 0) is 18.3 Å². The summed E-state index contributed by atoms with van der Waals surface area (Å²) in [4.78, 5) is 12.5. The van der Waals surface area contributed by atoms with E-state index in [1.54, 1.807) is 26.3 Å². The van der Waals surface area contributed by atoms with E-state index in [9.17, 15) is 4.57 Å².